The molecule has 0 saturated heterocycles. The largest absolute Gasteiger partial charge is 0.493 e. The Morgan fingerprint density at radius 1 is 1.37 bits per heavy atom. The monoisotopic (exact) mass is 260 g/mol. The fourth-order valence-corrected chi connectivity index (χ4v) is 1.78. The number of aryl methyl sites for hydroxylation is 1. The highest BCUT2D eigenvalue weighted by molar-refractivity contribution is 5.59. The van der Waals surface area contributed by atoms with Gasteiger partial charge in [0.05, 0.1) is 18.8 Å². The minimum atomic E-state index is 0.664. The van der Waals surface area contributed by atoms with Gasteiger partial charge in [-0.15, -0.1) is 0 Å². The standard InChI is InChI=1S/C14H20N4O/c1-3-6-19-14-8-11(15)7-13(9-14)16-10-12-4-5-18(2)17-12/h4-5,7-9,16H,3,6,10,15H2,1-2H3. The summed E-state index contributed by atoms with van der Waals surface area (Å²) in [6, 6.07) is 7.66. The van der Waals surface area contributed by atoms with Crippen molar-refractivity contribution in [2.45, 2.75) is 19.9 Å². The minimum absolute atomic E-state index is 0.664. The van der Waals surface area contributed by atoms with E-state index in [0.29, 0.717) is 18.8 Å². The van der Waals surface area contributed by atoms with E-state index in [4.69, 9.17) is 10.5 Å². The fourth-order valence-electron chi connectivity index (χ4n) is 1.78. The number of hydrogen-bond acceptors (Lipinski definition) is 4. The number of nitrogens with one attached hydrogen (secondary N) is 1. The lowest BCUT2D eigenvalue weighted by Crippen LogP contribution is -2.03. The number of rotatable bonds is 6. The zero-order valence-corrected chi connectivity index (χ0v) is 11.4. The maximum absolute atomic E-state index is 5.86. The summed E-state index contributed by atoms with van der Waals surface area (Å²) in [6.45, 7) is 3.44. The van der Waals surface area contributed by atoms with Crippen molar-refractivity contribution in [1.29, 1.82) is 0 Å². The Bertz CT molecular complexity index is 536. The van der Waals surface area contributed by atoms with Crippen LogP contribution in [0.4, 0.5) is 11.4 Å². The van der Waals surface area contributed by atoms with E-state index in [0.717, 1.165) is 23.6 Å². The molecule has 5 heteroatoms. The molecule has 19 heavy (non-hydrogen) atoms. The Morgan fingerprint density at radius 3 is 2.89 bits per heavy atom. The molecule has 0 atom stereocenters. The molecule has 0 fully saturated rings. The van der Waals surface area contributed by atoms with Crippen LogP contribution < -0.4 is 15.8 Å². The van der Waals surface area contributed by atoms with E-state index in [9.17, 15) is 0 Å². The first-order valence-electron chi connectivity index (χ1n) is 6.43. The van der Waals surface area contributed by atoms with Crippen LogP contribution in [0.3, 0.4) is 0 Å². The Balaban J connectivity index is 2.01. The van der Waals surface area contributed by atoms with E-state index < -0.39 is 0 Å². The summed E-state index contributed by atoms with van der Waals surface area (Å²) in [7, 11) is 1.90. The highest BCUT2D eigenvalue weighted by Crippen LogP contribution is 2.23. The van der Waals surface area contributed by atoms with Crippen molar-refractivity contribution in [2.75, 3.05) is 17.7 Å². The summed E-state index contributed by atoms with van der Waals surface area (Å²) in [5, 5.41) is 7.61. The number of nitrogen functional groups attached to an aromatic ring is 1. The molecule has 5 nitrogen and oxygen atoms in total. The second kappa shape index (κ2) is 6.13. The predicted molar refractivity (Wildman–Crippen MR) is 77.2 cm³/mol. The molecule has 0 saturated carbocycles. The molecule has 1 aromatic carbocycles. The highest BCUT2D eigenvalue weighted by Gasteiger charge is 2.01. The van der Waals surface area contributed by atoms with Gasteiger partial charge in [-0.2, -0.15) is 5.10 Å². The normalized spacial score (nSPS) is 10.4. The van der Waals surface area contributed by atoms with Gasteiger partial charge in [-0.25, -0.2) is 0 Å². The molecule has 0 unspecified atom stereocenters. The number of ether oxygens (including phenoxy) is 1. The number of anilines is 2. The van der Waals surface area contributed by atoms with Crippen LogP contribution >= 0.6 is 0 Å². The number of aromatic nitrogens is 2. The fraction of sp³-hybridized carbons (Fsp3) is 0.357. The average Bonchev–Trinajstić information content (AvgIpc) is 2.79. The third-order valence-electron chi connectivity index (χ3n) is 2.64. The summed E-state index contributed by atoms with van der Waals surface area (Å²) < 4.78 is 7.38. The number of benzene rings is 1. The van der Waals surface area contributed by atoms with Crippen LogP contribution in [0.25, 0.3) is 0 Å². The van der Waals surface area contributed by atoms with Crippen molar-refractivity contribution in [3.8, 4) is 5.75 Å². The van der Waals surface area contributed by atoms with Gasteiger partial charge in [0.25, 0.3) is 0 Å². The van der Waals surface area contributed by atoms with E-state index >= 15 is 0 Å². The van der Waals surface area contributed by atoms with Gasteiger partial charge in [0.15, 0.2) is 0 Å². The Morgan fingerprint density at radius 2 is 2.21 bits per heavy atom. The van der Waals surface area contributed by atoms with Crippen molar-refractivity contribution in [2.24, 2.45) is 7.05 Å². The molecular formula is C14H20N4O. The molecular weight excluding hydrogens is 240 g/mol. The zero-order chi connectivity index (χ0) is 13.7. The second-order valence-corrected chi connectivity index (χ2v) is 4.47. The first kappa shape index (κ1) is 13.3. The van der Waals surface area contributed by atoms with Gasteiger partial charge in [-0.1, -0.05) is 6.92 Å². The van der Waals surface area contributed by atoms with Crippen molar-refractivity contribution in [1.82, 2.24) is 9.78 Å². The summed E-state index contributed by atoms with van der Waals surface area (Å²) >= 11 is 0. The number of nitrogens with zero attached hydrogens (tertiary/aromatic N) is 2. The minimum Gasteiger partial charge on any atom is -0.493 e. The number of nitrogens with two attached hydrogens (primary N) is 1. The molecule has 0 radical (unpaired) electrons. The first-order chi connectivity index (χ1) is 9.17. The molecule has 0 aliphatic rings. The lowest BCUT2D eigenvalue weighted by atomic mass is 10.2. The molecule has 0 spiro atoms. The van der Waals surface area contributed by atoms with Crippen LogP contribution in [0.5, 0.6) is 5.75 Å². The lowest BCUT2D eigenvalue weighted by molar-refractivity contribution is 0.318. The van der Waals surface area contributed by atoms with Crippen LogP contribution in [0.15, 0.2) is 30.5 Å². The Kier molecular flexibility index (Phi) is 4.28. The first-order valence-corrected chi connectivity index (χ1v) is 6.43. The molecule has 1 heterocycles. The van der Waals surface area contributed by atoms with E-state index in [-0.39, 0.29) is 0 Å². The molecule has 0 bridgehead atoms. The van der Waals surface area contributed by atoms with Gasteiger partial charge < -0.3 is 15.8 Å². The third kappa shape index (κ3) is 3.91. The van der Waals surface area contributed by atoms with Gasteiger partial charge in [0, 0.05) is 36.8 Å². The van der Waals surface area contributed by atoms with Crippen molar-refractivity contribution in [3.63, 3.8) is 0 Å². The highest BCUT2D eigenvalue weighted by atomic mass is 16.5. The van der Waals surface area contributed by atoms with Crippen LogP contribution in [0.2, 0.25) is 0 Å². The molecule has 2 aromatic rings. The van der Waals surface area contributed by atoms with Crippen molar-refractivity contribution < 1.29 is 4.74 Å². The van der Waals surface area contributed by atoms with Crippen LogP contribution in [-0.4, -0.2) is 16.4 Å². The Hall–Kier alpha value is -2.17. The van der Waals surface area contributed by atoms with Gasteiger partial charge in [-0.3, -0.25) is 4.68 Å². The molecule has 0 amide bonds. The molecule has 2 rings (SSSR count). The van der Waals surface area contributed by atoms with Crippen molar-refractivity contribution >= 4 is 11.4 Å². The van der Waals surface area contributed by atoms with Crippen LogP contribution in [0, 0.1) is 0 Å². The summed E-state index contributed by atoms with van der Waals surface area (Å²) in [5.41, 5.74) is 8.48. The summed E-state index contributed by atoms with van der Waals surface area (Å²) in [5.74, 6) is 0.797. The van der Waals surface area contributed by atoms with E-state index in [1.807, 2.05) is 37.5 Å². The predicted octanol–water partition coefficient (Wildman–Crippen LogP) is 2.40. The van der Waals surface area contributed by atoms with Crippen LogP contribution in [-0.2, 0) is 13.6 Å². The Labute approximate surface area is 113 Å². The summed E-state index contributed by atoms with van der Waals surface area (Å²) in [4.78, 5) is 0. The molecule has 1 aromatic heterocycles. The van der Waals surface area contributed by atoms with Gasteiger partial charge >= 0.3 is 0 Å². The maximum atomic E-state index is 5.86. The quantitative estimate of drug-likeness (QED) is 0.783. The lowest BCUT2D eigenvalue weighted by Gasteiger charge is -2.10. The van der Waals surface area contributed by atoms with Crippen LogP contribution in [0.1, 0.15) is 19.0 Å². The molecule has 102 valence electrons. The van der Waals surface area contributed by atoms with Gasteiger partial charge in [0.1, 0.15) is 5.75 Å². The molecule has 0 aliphatic heterocycles. The van der Waals surface area contributed by atoms with E-state index in [1.165, 1.54) is 0 Å². The molecule has 3 N–H and O–H groups in total. The average molecular weight is 260 g/mol. The van der Waals surface area contributed by atoms with Crippen molar-refractivity contribution in [3.05, 3.63) is 36.2 Å². The number of hydrogen-bond donors (Lipinski definition) is 2. The van der Waals surface area contributed by atoms with E-state index in [2.05, 4.69) is 17.3 Å². The van der Waals surface area contributed by atoms with E-state index in [1.54, 1.807) is 4.68 Å². The maximum Gasteiger partial charge on any atom is 0.123 e. The topological polar surface area (TPSA) is 65.1 Å². The third-order valence-corrected chi connectivity index (χ3v) is 2.64. The van der Waals surface area contributed by atoms with Gasteiger partial charge in [-0.05, 0) is 18.6 Å². The SMILES string of the molecule is CCCOc1cc(N)cc(NCc2ccn(C)n2)c1. The second-order valence-electron chi connectivity index (χ2n) is 4.47. The smallest absolute Gasteiger partial charge is 0.123 e. The van der Waals surface area contributed by atoms with Gasteiger partial charge in [0.2, 0.25) is 0 Å². The summed E-state index contributed by atoms with van der Waals surface area (Å²) in [6.07, 6.45) is 2.90. The molecule has 0 aliphatic carbocycles. The zero-order valence-electron chi connectivity index (χ0n) is 11.4.